The van der Waals surface area contributed by atoms with Crippen molar-refractivity contribution >= 4 is 28.6 Å². The molecule has 11 nitrogen and oxygen atoms in total. The van der Waals surface area contributed by atoms with Gasteiger partial charge in [-0.2, -0.15) is 0 Å². The molecule has 0 fully saturated rings. The molecule has 0 aliphatic heterocycles. The maximum Gasteiger partial charge on any atom is 0.278 e. The SMILES string of the molecule is NC(=O)[C@H](Cc1c[nH+]c[nH]1)NC(=O)[C@H](Cc1c[nH]c2ccccc12)NC(=O)[C@@H]([NH3+])CCCC[NH3+]. The summed E-state index contributed by atoms with van der Waals surface area (Å²) in [6.07, 6.45) is 7.92. The molecule has 0 aliphatic carbocycles. The number of fused-ring (bicyclic) bond motifs is 1. The van der Waals surface area contributed by atoms with Crippen LogP contribution in [0.3, 0.4) is 0 Å². The van der Waals surface area contributed by atoms with E-state index >= 15 is 0 Å². The molecule has 3 aromatic rings. The number of aromatic amines is 3. The average Bonchev–Trinajstić information content (AvgIpc) is 3.48. The van der Waals surface area contributed by atoms with E-state index < -0.39 is 29.9 Å². The molecule has 0 spiro atoms. The smallest absolute Gasteiger partial charge is 0.278 e. The summed E-state index contributed by atoms with van der Waals surface area (Å²) < 4.78 is 0. The second-order valence-electron chi connectivity index (χ2n) is 8.46. The molecule has 0 unspecified atom stereocenters. The normalized spacial score (nSPS) is 13.8. The average molecular weight is 472 g/mol. The van der Waals surface area contributed by atoms with Crippen LogP contribution in [-0.4, -0.2) is 52.4 Å². The molecule has 2 heterocycles. The van der Waals surface area contributed by atoms with Crippen LogP contribution in [0, 0.1) is 0 Å². The number of benzene rings is 1. The van der Waals surface area contributed by atoms with Crippen LogP contribution >= 0.6 is 0 Å². The van der Waals surface area contributed by atoms with Crippen LogP contribution in [0.25, 0.3) is 10.9 Å². The highest BCUT2D eigenvalue weighted by Gasteiger charge is 2.29. The van der Waals surface area contributed by atoms with Crippen LogP contribution in [0.2, 0.25) is 0 Å². The maximum atomic E-state index is 13.3. The van der Waals surface area contributed by atoms with Crippen LogP contribution in [0.15, 0.2) is 43.0 Å². The molecule has 0 aliphatic rings. The zero-order valence-electron chi connectivity index (χ0n) is 19.2. The van der Waals surface area contributed by atoms with Crippen molar-refractivity contribution in [3.8, 4) is 0 Å². The van der Waals surface area contributed by atoms with Gasteiger partial charge in [0.15, 0.2) is 6.04 Å². The van der Waals surface area contributed by atoms with Gasteiger partial charge in [0.05, 0.1) is 6.54 Å². The molecular weight excluding hydrogens is 436 g/mol. The predicted molar refractivity (Wildman–Crippen MR) is 124 cm³/mol. The van der Waals surface area contributed by atoms with Gasteiger partial charge in [0.2, 0.25) is 18.1 Å². The van der Waals surface area contributed by atoms with Crippen molar-refractivity contribution in [3.05, 3.63) is 54.2 Å². The molecule has 11 heteroatoms. The molecule has 1 aromatic carbocycles. The van der Waals surface area contributed by atoms with E-state index in [1.165, 1.54) is 0 Å². The van der Waals surface area contributed by atoms with Gasteiger partial charge >= 0.3 is 0 Å². The van der Waals surface area contributed by atoms with E-state index in [0.29, 0.717) is 12.1 Å². The van der Waals surface area contributed by atoms with Crippen LogP contribution in [0.1, 0.15) is 30.5 Å². The Morgan fingerprint density at radius 2 is 1.79 bits per heavy atom. The first-order valence-electron chi connectivity index (χ1n) is 11.5. The summed E-state index contributed by atoms with van der Waals surface area (Å²) in [5, 5.41) is 6.51. The van der Waals surface area contributed by atoms with E-state index in [4.69, 9.17) is 5.73 Å². The molecule has 0 saturated carbocycles. The Bertz CT molecular complexity index is 1090. The van der Waals surface area contributed by atoms with E-state index in [-0.39, 0.29) is 18.7 Å². The van der Waals surface area contributed by atoms with Crippen molar-refractivity contribution in [3.63, 3.8) is 0 Å². The number of H-pyrrole nitrogens is 3. The Balaban J connectivity index is 1.77. The minimum absolute atomic E-state index is 0.196. The Labute approximate surface area is 197 Å². The molecule has 3 atom stereocenters. The second kappa shape index (κ2) is 12.0. The number of rotatable bonds is 13. The number of para-hydroxylation sites is 1. The lowest BCUT2D eigenvalue weighted by atomic mass is 10.0. The number of carbonyl (C=O) groups is 3. The lowest BCUT2D eigenvalue weighted by molar-refractivity contribution is -0.406. The van der Waals surface area contributed by atoms with Gasteiger partial charge < -0.3 is 32.8 Å². The molecular formula is C23H35N8O3+3. The van der Waals surface area contributed by atoms with Gasteiger partial charge in [-0.25, -0.2) is 4.98 Å². The summed E-state index contributed by atoms with van der Waals surface area (Å²) in [5.74, 6) is -1.45. The number of carbonyl (C=O) groups excluding carboxylic acids is 3. The second-order valence-corrected chi connectivity index (χ2v) is 8.46. The number of primary amides is 1. The zero-order chi connectivity index (χ0) is 24.5. The fourth-order valence-electron chi connectivity index (χ4n) is 3.87. The number of quaternary nitrogens is 2. The third-order valence-corrected chi connectivity index (χ3v) is 5.84. The number of hydrogen-bond donors (Lipinski definition) is 7. The van der Waals surface area contributed by atoms with E-state index in [1.807, 2.05) is 30.5 Å². The molecule has 0 radical (unpaired) electrons. The quantitative estimate of drug-likeness (QED) is 0.136. The van der Waals surface area contributed by atoms with Crippen molar-refractivity contribution in [2.75, 3.05) is 6.54 Å². The van der Waals surface area contributed by atoms with Crippen molar-refractivity contribution in [2.24, 2.45) is 5.73 Å². The fraction of sp³-hybridized carbons (Fsp3) is 0.391. The van der Waals surface area contributed by atoms with Crippen LogP contribution in [-0.2, 0) is 27.2 Å². The highest BCUT2D eigenvalue weighted by molar-refractivity contribution is 5.93. The number of nitrogens with two attached hydrogens (primary N) is 1. The molecule has 182 valence electrons. The van der Waals surface area contributed by atoms with Gasteiger partial charge in [-0.1, -0.05) is 18.2 Å². The summed E-state index contributed by atoms with van der Waals surface area (Å²) in [5.41, 5.74) is 15.8. The molecule has 3 amide bonds. The molecule has 0 bridgehead atoms. The minimum Gasteiger partial charge on any atom is -0.368 e. The van der Waals surface area contributed by atoms with Gasteiger partial charge in [-0.05, 0) is 24.5 Å². The highest BCUT2D eigenvalue weighted by Crippen LogP contribution is 2.19. The van der Waals surface area contributed by atoms with Crippen molar-refractivity contribution in [2.45, 2.75) is 50.2 Å². The molecule has 34 heavy (non-hydrogen) atoms. The lowest BCUT2D eigenvalue weighted by Gasteiger charge is -2.22. The van der Waals surface area contributed by atoms with Gasteiger partial charge in [-0.3, -0.25) is 19.4 Å². The summed E-state index contributed by atoms with van der Waals surface area (Å²) >= 11 is 0. The van der Waals surface area contributed by atoms with Crippen LogP contribution in [0.5, 0.6) is 0 Å². The Hall–Kier alpha value is -3.70. The topological polar surface area (TPSA) is 202 Å². The number of unbranched alkanes of at least 4 members (excludes halogenated alkanes) is 1. The van der Waals surface area contributed by atoms with Gasteiger partial charge in [0.25, 0.3) is 5.91 Å². The minimum atomic E-state index is -0.936. The standard InChI is InChI=1S/C23H32N8O3/c24-8-4-3-6-17(25)22(33)31-20(9-14-11-28-18-7-2-1-5-16(14)18)23(34)30-19(21(26)32)10-15-12-27-13-29-15/h1-2,5,7,11-13,17,19-20,28H,3-4,6,8-10,24-25H2,(H2,26,32)(H,27,29)(H,30,34)(H,31,33)/p+3/t17-,19-,20-/m0/s1. The van der Waals surface area contributed by atoms with E-state index in [1.54, 1.807) is 12.5 Å². The Morgan fingerprint density at radius 3 is 2.50 bits per heavy atom. The van der Waals surface area contributed by atoms with Crippen LogP contribution in [0.4, 0.5) is 0 Å². The van der Waals surface area contributed by atoms with E-state index in [2.05, 4.69) is 37.1 Å². The number of aromatic nitrogens is 3. The first kappa shape index (κ1) is 24.9. The predicted octanol–water partition coefficient (Wildman–Crippen LogP) is -2.43. The van der Waals surface area contributed by atoms with Crippen molar-refractivity contribution < 1.29 is 30.8 Å². The van der Waals surface area contributed by atoms with E-state index in [0.717, 1.165) is 35.9 Å². The number of imidazole rings is 1. The number of amides is 3. The summed E-state index contributed by atoms with van der Waals surface area (Å²) in [7, 11) is 0. The number of nitrogens with one attached hydrogen (secondary N) is 5. The van der Waals surface area contributed by atoms with Gasteiger partial charge in [0.1, 0.15) is 24.0 Å². The van der Waals surface area contributed by atoms with Crippen molar-refractivity contribution in [1.82, 2.24) is 20.6 Å². The first-order valence-corrected chi connectivity index (χ1v) is 11.5. The van der Waals surface area contributed by atoms with Gasteiger partial charge in [0, 0.05) is 36.4 Å². The summed E-state index contributed by atoms with van der Waals surface area (Å²) in [6, 6.07) is 5.40. The summed E-state index contributed by atoms with van der Waals surface area (Å²) in [4.78, 5) is 47.2. The zero-order valence-corrected chi connectivity index (χ0v) is 19.2. The fourth-order valence-corrected chi connectivity index (χ4v) is 3.87. The lowest BCUT2D eigenvalue weighted by Crippen LogP contribution is -2.69. The van der Waals surface area contributed by atoms with Crippen LogP contribution < -0.4 is 32.8 Å². The third kappa shape index (κ3) is 6.65. The third-order valence-electron chi connectivity index (χ3n) is 5.84. The largest absolute Gasteiger partial charge is 0.368 e. The van der Waals surface area contributed by atoms with Crippen molar-refractivity contribution in [1.29, 1.82) is 0 Å². The highest BCUT2D eigenvalue weighted by atomic mass is 16.2. The monoisotopic (exact) mass is 471 g/mol. The Morgan fingerprint density at radius 1 is 1.03 bits per heavy atom. The number of hydrogen-bond acceptors (Lipinski definition) is 3. The summed E-state index contributed by atoms with van der Waals surface area (Å²) in [6.45, 7) is 0.799. The molecule has 0 saturated heterocycles. The molecule has 3 rings (SSSR count). The van der Waals surface area contributed by atoms with Gasteiger partial charge in [-0.15, -0.1) is 0 Å². The maximum absolute atomic E-state index is 13.3. The molecule has 13 N–H and O–H groups in total. The molecule has 2 aromatic heterocycles. The Kier molecular flexibility index (Phi) is 8.77. The first-order chi connectivity index (χ1) is 16.4. The van der Waals surface area contributed by atoms with E-state index in [9.17, 15) is 14.4 Å².